The van der Waals surface area contributed by atoms with Gasteiger partial charge in [0.25, 0.3) is 0 Å². The summed E-state index contributed by atoms with van der Waals surface area (Å²) in [4.78, 5) is 4.39. The normalized spacial score (nSPS) is 13.5. The van der Waals surface area contributed by atoms with E-state index < -0.39 is 0 Å². The van der Waals surface area contributed by atoms with Crippen LogP contribution in [0.4, 0.5) is 10.2 Å². The molecule has 0 saturated carbocycles. The molecular formula is C21H24FN7S. The van der Waals surface area contributed by atoms with Crippen molar-refractivity contribution in [1.29, 1.82) is 0 Å². The van der Waals surface area contributed by atoms with Crippen LogP contribution < -0.4 is 11.1 Å². The molecule has 2 atom stereocenters. The SMILES string of the molecule is CCCC(N)CC(C)Nc1ccc(-c2cc(F)c(-c3cn[nH]c3)c3ncsc23)nn1. The van der Waals surface area contributed by atoms with Crippen molar-refractivity contribution in [1.82, 2.24) is 25.4 Å². The van der Waals surface area contributed by atoms with Crippen LogP contribution in [0.2, 0.25) is 0 Å². The summed E-state index contributed by atoms with van der Waals surface area (Å²) in [6.07, 6.45) is 6.18. The molecule has 3 aromatic heterocycles. The molecule has 0 amide bonds. The fourth-order valence-electron chi connectivity index (χ4n) is 3.65. The van der Waals surface area contributed by atoms with Crippen molar-refractivity contribution >= 4 is 27.4 Å². The van der Waals surface area contributed by atoms with Crippen LogP contribution in [-0.4, -0.2) is 37.5 Å². The number of hydrogen-bond donors (Lipinski definition) is 3. The number of nitrogens with one attached hydrogen (secondary N) is 2. The standard InChI is InChI=1S/C21H24FN7S/c1-3-4-14(23)7-12(2)27-18-6-5-17(28-29-18)15-8-16(22)19(13-9-25-26-10-13)20-21(15)30-11-24-20/h5-6,8-12,14H,3-4,7,23H2,1-2H3,(H,25,26)(H,27,29). The van der Waals surface area contributed by atoms with Crippen LogP contribution in [0.1, 0.15) is 33.1 Å². The number of nitrogens with zero attached hydrogens (tertiary/aromatic N) is 4. The number of aromatic amines is 1. The van der Waals surface area contributed by atoms with Crippen LogP contribution in [0.5, 0.6) is 0 Å². The zero-order valence-corrected chi connectivity index (χ0v) is 17.7. The van der Waals surface area contributed by atoms with E-state index in [9.17, 15) is 4.39 Å². The van der Waals surface area contributed by atoms with Crippen LogP contribution >= 0.6 is 11.3 Å². The third-order valence-corrected chi connectivity index (χ3v) is 5.86. The van der Waals surface area contributed by atoms with Crippen molar-refractivity contribution in [2.24, 2.45) is 5.73 Å². The van der Waals surface area contributed by atoms with Gasteiger partial charge in [-0.25, -0.2) is 9.37 Å². The summed E-state index contributed by atoms with van der Waals surface area (Å²) in [6, 6.07) is 5.55. The zero-order chi connectivity index (χ0) is 21.1. The molecule has 1 aromatic carbocycles. The average molecular weight is 426 g/mol. The van der Waals surface area contributed by atoms with Gasteiger partial charge < -0.3 is 11.1 Å². The van der Waals surface area contributed by atoms with Crippen molar-refractivity contribution < 1.29 is 4.39 Å². The largest absolute Gasteiger partial charge is 0.366 e. The second kappa shape index (κ2) is 8.85. The third kappa shape index (κ3) is 4.17. The molecule has 0 bridgehead atoms. The number of fused-ring (bicyclic) bond motifs is 1. The maximum Gasteiger partial charge on any atom is 0.148 e. The van der Waals surface area contributed by atoms with Crippen LogP contribution in [0, 0.1) is 5.82 Å². The van der Waals surface area contributed by atoms with E-state index in [-0.39, 0.29) is 17.9 Å². The van der Waals surface area contributed by atoms with Gasteiger partial charge in [0.15, 0.2) is 0 Å². The fourth-order valence-corrected chi connectivity index (χ4v) is 4.47. The molecule has 0 aliphatic carbocycles. The van der Waals surface area contributed by atoms with Crippen LogP contribution in [0.15, 0.2) is 36.1 Å². The van der Waals surface area contributed by atoms with Gasteiger partial charge in [-0.2, -0.15) is 5.10 Å². The Labute approximate surface area is 178 Å². The van der Waals surface area contributed by atoms with E-state index >= 15 is 0 Å². The molecule has 0 aliphatic rings. The molecule has 0 radical (unpaired) electrons. The molecule has 4 N–H and O–H groups in total. The molecule has 0 aliphatic heterocycles. The van der Waals surface area contributed by atoms with E-state index in [1.165, 1.54) is 17.4 Å². The van der Waals surface area contributed by atoms with Gasteiger partial charge in [0, 0.05) is 35.0 Å². The summed E-state index contributed by atoms with van der Waals surface area (Å²) in [7, 11) is 0. The van der Waals surface area contributed by atoms with Gasteiger partial charge in [-0.15, -0.1) is 21.5 Å². The number of rotatable bonds is 8. The van der Waals surface area contributed by atoms with Crippen LogP contribution in [0.25, 0.3) is 32.6 Å². The highest BCUT2D eigenvalue weighted by atomic mass is 32.1. The Balaban J connectivity index is 1.59. The van der Waals surface area contributed by atoms with Gasteiger partial charge >= 0.3 is 0 Å². The number of halogens is 1. The summed E-state index contributed by atoms with van der Waals surface area (Å²) < 4.78 is 15.9. The second-order valence-corrected chi connectivity index (χ2v) is 8.29. The Morgan fingerprint density at radius 3 is 2.87 bits per heavy atom. The first-order valence-electron chi connectivity index (χ1n) is 9.97. The minimum Gasteiger partial charge on any atom is -0.366 e. The van der Waals surface area contributed by atoms with Gasteiger partial charge in [-0.3, -0.25) is 5.10 Å². The molecule has 156 valence electrons. The molecule has 3 heterocycles. The fraction of sp³-hybridized carbons (Fsp3) is 0.333. The maximum atomic E-state index is 15.0. The maximum absolute atomic E-state index is 15.0. The number of hydrogen-bond acceptors (Lipinski definition) is 7. The number of anilines is 1. The Morgan fingerprint density at radius 1 is 1.30 bits per heavy atom. The molecule has 2 unspecified atom stereocenters. The van der Waals surface area contributed by atoms with Crippen LogP contribution in [-0.2, 0) is 0 Å². The lowest BCUT2D eigenvalue weighted by Crippen LogP contribution is -2.29. The van der Waals surface area contributed by atoms with Gasteiger partial charge in [-0.1, -0.05) is 13.3 Å². The Morgan fingerprint density at radius 2 is 2.17 bits per heavy atom. The van der Waals surface area contributed by atoms with Crippen molar-refractivity contribution in [2.45, 2.75) is 45.2 Å². The molecule has 7 nitrogen and oxygen atoms in total. The van der Waals surface area contributed by atoms with Crippen molar-refractivity contribution in [3.8, 4) is 22.4 Å². The Hall–Kier alpha value is -2.91. The molecule has 0 fully saturated rings. The zero-order valence-electron chi connectivity index (χ0n) is 16.9. The predicted molar refractivity (Wildman–Crippen MR) is 119 cm³/mol. The molecular weight excluding hydrogens is 401 g/mol. The van der Waals surface area contributed by atoms with Gasteiger partial charge in [-0.05, 0) is 38.0 Å². The first-order chi connectivity index (χ1) is 14.6. The molecule has 0 saturated heterocycles. The van der Waals surface area contributed by atoms with Gasteiger partial charge in [0.2, 0.25) is 0 Å². The minimum absolute atomic E-state index is 0.168. The smallest absolute Gasteiger partial charge is 0.148 e. The van der Waals surface area contributed by atoms with Crippen LogP contribution in [0.3, 0.4) is 0 Å². The Kier molecular flexibility index (Phi) is 6.01. The number of nitrogens with two attached hydrogens (primary N) is 1. The lowest BCUT2D eigenvalue weighted by molar-refractivity contribution is 0.526. The highest BCUT2D eigenvalue weighted by Crippen LogP contribution is 2.38. The number of aromatic nitrogens is 5. The number of H-pyrrole nitrogens is 1. The first-order valence-corrected chi connectivity index (χ1v) is 10.9. The summed E-state index contributed by atoms with van der Waals surface area (Å²) in [5.74, 6) is 0.304. The van der Waals surface area contributed by atoms with E-state index in [2.05, 4.69) is 44.5 Å². The summed E-state index contributed by atoms with van der Waals surface area (Å²) in [6.45, 7) is 4.21. The van der Waals surface area contributed by atoms with E-state index in [1.807, 2.05) is 12.1 Å². The van der Waals surface area contributed by atoms with E-state index in [0.29, 0.717) is 33.7 Å². The minimum atomic E-state index is -0.368. The van der Waals surface area contributed by atoms with Crippen molar-refractivity contribution in [2.75, 3.05) is 5.32 Å². The highest BCUT2D eigenvalue weighted by molar-refractivity contribution is 7.17. The van der Waals surface area contributed by atoms with E-state index in [0.717, 1.165) is 24.0 Å². The molecule has 30 heavy (non-hydrogen) atoms. The molecule has 4 rings (SSSR count). The first kappa shape index (κ1) is 20.4. The summed E-state index contributed by atoms with van der Waals surface area (Å²) in [5, 5.41) is 18.6. The lowest BCUT2D eigenvalue weighted by Gasteiger charge is -2.18. The number of benzene rings is 1. The third-order valence-electron chi connectivity index (χ3n) is 5.00. The quantitative estimate of drug-likeness (QED) is 0.381. The van der Waals surface area contributed by atoms with Gasteiger partial charge in [0.1, 0.15) is 11.6 Å². The average Bonchev–Trinajstić information content (AvgIpc) is 3.40. The summed E-state index contributed by atoms with van der Waals surface area (Å²) >= 11 is 1.45. The van der Waals surface area contributed by atoms with E-state index in [4.69, 9.17) is 5.73 Å². The van der Waals surface area contributed by atoms with Crippen molar-refractivity contribution in [3.05, 3.63) is 41.9 Å². The topological polar surface area (TPSA) is 105 Å². The predicted octanol–water partition coefficient (Wildman–Crippen LogP) is 4.60. The molecule has 0 spiro atoms. The number of thiazole rings is 1. The lowest BCUT2D eigenvalue weighted by atomic mass is 10.0. The second-order valence-electron chi connectivity index (χ2n) is 7.43. The summed E-state index contributed by atoms with van der Waals surface area (Å²) in [5.41, 5.74) is 10.8. The van der Waals surface area contributed by atoms with Crippen molar-refractivity contribution in [3.63, 3.8) is 0 Å². The monoisotopic (exact) mass is 425 g/mol. The highest BCUT2D eigenvalue weighted by Gasteiger charge is 2.19. The van der Waals surface area contributed by atoms with Gasteiger partial charge in [0.05, 0.1) is 27.6 Å². The van der Waals surface area contributed by atoms with E-state index in [1.54, 1.807) is 17.9 Å². The molecule has 9 heteroatoms. The molecule has 4 aromatic rings. The Bertz CT molecular complexity index is 1110.